The summed E-state index contributed by atoms with van der Waals surface area (Å²) in [6.45, 7) is 6.27. The van der Waals surface area contributed by atoms with E-state index < -0.39 is 18.0 Å². The van der Waals surface area contributed by atoms with Gasteiger partial charge in [-0.2, -0.15) is 0 Å². The summed E-state index contributed by atoms with van der Waals surface area (Å²) >= 11 is 0. The first-order valence-electron chi connectivity index (χ1n) is 5.91. The van der Waals surface area contributed by atoms with Crippen molar-refractivity contribution in [2.24, 2.45) is 0 Å². The lowest BCUT2D eigenvalue weighted by Crippen LogP contribution is -2.41. The van der Waals surface area contributed by atoms with Gasteiger partial charge >= 0.3 is 5.97 Å². The summed E-state index contributed by atoms with van der Waals surface area (Å²) in [5.74, 6) is -1.41. The molecule has 0 aliphatic carbocycles. The first-order valence-corrected chi connectivity index (χ1v) is 5.91. The van der Waals surface area contributed by atoms with E-state index >= 15 is 0 Å². The molecule has 94 valence electrons. The minimum Gasteiger partial charge on any atom is -0.481 e. The van der Waals surface area contributed by atoms with Crippen LogP contribution in [-0.2, 0) is 14.3 Å². The third-order valence-electron chi connectivity index (χ3n) is 2.84. The van der Waals surface area contributed by atoms with Crippen molar-refractivity contribution in [3.05, 3.63) is 0 Å². The number of carbonyl (C=O) groups excluding carboxylic acids is 1. The van der Waals surface area contributed by atoms with Gasteiger partial charge in [0.15, 0.2) is 5.78 Å². The van der Waals surface area contributed by atoms with Crippen LogP contribution in [0.3, 0.4) is 0 Å². The first kappa shape index (κ1) is 15.1. The van der Waals surface area contributed by atoms with E-state index in [9.17, 15) is 9.59 Å². The summed E-state index contributed by atoms with van der Waals surface area (Å²) in [7, 11) is 0. The number of hydrogen-bond donors (Lipinski definition) is 1. The predicted molar refractivity (Wildman–Crippen MR) is 61.4 cm³/mol. The molecule has 0 rings (SSSR count). The van der Waals surface area contributed by atoms with Gasteiger partial charge in [0.25, 0.3) is 0 Å². The molecule has 0 aromatic carbocycles. The monoisotopic (exact) mass is 230 g/mol. The fourth-order valence-corrected chi connectivity index (χ4v) is 1.64. The lowest BCUT2D eigenvalue weighted by molar-refractivity contribution is -0.152. The Bertz CT molecular complexity index is 231. The zero-order valence-electron chi connectivity index (χ0n) is 10.4. The second kappa shape index (κ2) is 7.39. The smallest absolute Gasteiger partial charge is 0.310 e. The molecule has 4 nitrogen and oxygen atoms in total. The van der Waals surface area contributed by atoms with Crippen LogP contribution in [0.15, 0.2) is 0 Å². The Hall–Kier alpha value is -0.900. The molecule has 0 fully saturated rings. The number of unbranched alkanes of at least 4 members (excludes halogenated alkanes) is 1. The van der Waals surface area contributed by atoms with Gasteiger partial charge in [-0.3, -0.25) is 9.59 Å². The molecule has 0 aliphatic heterocycles. The molecule has 16 heavy (non-hydrogen) atoms. The molecule has 4 heteroatoms. The maximum Gasteiger partial charge on any atom is 0.310 e. The van der Waals surface area contributed by atoms with Gasteiger partial charge in [0.2, 0.25) is 0 Å². The van der Waals surface area contributed by atoms with Crippen LogP contribution < -0.4 is 0 Å². The van der Waals surface area contributed by atoms with Gasteiger partial charge in [0.1, 0.15) is 12.0 Å². The third kappa shape index (κ3) is 4.31. The minimum atomic E-state index is -1.09. The number of ketones is 1. The van der Waals surface area contributed by atoms with E-state index in [0.717, 1.165) is 12.8 Å². The quantitative estimate of drug-likeness (QED) is 0.488. The molecule has 0 radical (unpaired) electrons. The van der Waals surface area contributed by atoms with Crippen molar-refractivity contribution in [1.29, 1.82) is 0 Å². The topological polar surface area (TPSA) is 63.6 Å². The highest BCUT2D eigenvalue weighted by molar-refractivity contribution is 5.99. The number of aliphatic carboxylic acids is 1. The number of hydrogen-bond acceptors (Lipinski definition) is 3. The van der Waals surface area contributed by atoms with Gasteiger partial charge in [-0.15, -0.1) is 0 Å². The van der Waals surface area contributed by atoms with Crippen LogP contribution >= 0.6 is 0 Å². The molecular formula is C12H22O4. The summed E-state index contributed by atoms with van der Waals surface area (Å²) < 4.78 is 5.62. The lowest BCUT2D eigenvalue weighted by atomic mass is 9.90. The number of Topliss-reactive ketones (excluding diaryl/α,β-unsaturated/α-hetero) is 1. The van der Waals surface area contributed by atoms with Gasteiger partial charge in [0, 0.05) is 6.61 Å². The molecule has 0 amide bonds. The van der Waals surface area contributed by atoms with Gasteiger partial charge < -0.3 is 9.84 Å². The number of ether oxygens (including phenoxy) is 1. The van der Waals surface area contributed by atoms with Crippen LogP contribution in [0.4, 0.5) is 0 Å². The Balaban J connectivity index is 4.52. The maximum atomic E-state index is 11.8. The Morgan fingerprint density at radius 2 is 1.75 bits per heavy atom. The highest BCUT2D eigenvalue weighted by Gasteiger charge is 2.36. The van der Waals surface area contributed by atoms with Crippen molar-refractivity contribution in [3.63, 3.8) is 0 Å². The maximum absolute atomic E-state index is 11.8. The van der Waals surface area contributed by atoms with E-state index in [4.69, 9.17) is 9.84 Å². The molecule has 0 saturated heterocycles. The SMILES string of the molecule is CCCCOC(CC)(CC)C(=O)CC(=O)O. The number of carbonyl (C=O) groups is 2. The predicted octanol–water partition coefficient (Wildman–Crippen LogP) is 2.41. The molecule has 0 spiro atoms. The second-order valence-corrected chi connectivity index (χ2v) is 3.90. The van der Waals surface area contributed by atoms with Crippen molar-refractivity contribution in [1.82, 2.24) is 0 Å². The summed E-state index contributed by atoms with van der Waals surface area (Å²) in [5.41, 5.74) is -0.895. The molecule has 0 aromatic rings. The van der Waals surface area contributed by atoms with Crippen LogP contribution in [0.2, 0.25) is 0 Å². The fourth-order valence-electron chi connectivity index (χ4n) is 1.64. The van der Waals surface area contributed by atoms with Gasteiger partial charge in [-0.25, -0.2) is 0 Å². The van der Waals surface area contributed by atoms with Crippen molar-refractivity contribution >= 4 is 11.8 Å². The summed E-state index contributed by atoms with van der Waals surface area (Å²) in [6.07, 6.45) is 2.49. The highest BCUT2D eigenvalue weighted by atomic mass is 16.5. The van der Waals surface area contributed by atoms with E-state index in [0.29, 0.717) is 19.4 Å². The molecule has 0 heterocycles. The number of carboxylic acid groups (broad SMARTS) is 1. The molecule has 0 aliphatic rings. The van der Waals surface area contributed by atoms with Crippen molar-refractivity contribution in [2.75, 3.05) is 6.61 Å². The molecular weight excluding hydrogens is 208 g/mol. The summed E-state index contributed by atoms with van der Waals surface area (Å²) in [4.78, 5) is 22.4. The third-order valence-corrected chi connectivity index (χ3v) is 2.84. The Labute approximate surface area is 97.0 Å². The highest BCUT2D eigenvalue weighted by Crippen LogP contribution is 2.23. The van der Waals surface area contributed by atoms with E-state index in [2.05, 4.69) is 0 Å². The van der Waals surface area contributed by atoms with Crippen LogP contribution in [0.1, 0.15) is 52.9 Å². The molecule has 0 unspecified atom stereocenters. The van der Waals surface area contributed by atoms with Crippen LogP contribution in [-0.4, -0.2) is 29.1 Å². The average molecular weight is 230 g/mol. The van der Waals surface area contributed by atoms with Crippen molar-refractivity contribution in [2.45, 2.75) is 58.5 Å². The lowest BCUT2D eigenvalue weighted by Gasteiger charge is -2.30. The van der Waals surface area contributed by atoms with Crippen LogP contribution in [0, 0.1) is 0 Å². The molecule has 1 N–H and O–H groups in total. The standard InChI is InChI=1S/C12H22O4/c1-4-7-8-16-12(5-2,6-3)10(13)9-11(14)15/h4-9H2,1-3H3,(H,14,15). The van der Waals surface area contributed by atoms with Gasteiger partial charge in [-0.1, -0.05) is 27.2 Å². The Morgan fingerprint density at radius 3 is 2.12 bits per heavy atom. The Morgan fingerprint density at radius 1 is 1.19 bits per heavy atom. The van der Waals surface area contributed by atoms with Gasteiger partial charge in [-0.05, 0) is 19.3 Å². The molecule has 0 bridgehead atoms. The first-order chi connectivity index (χ1) is 7.52. The zero-order valence-corrected chi connectivity index (χ0v) is 10.4. The largest absolute Gasteiger partial charge is 0.481 e. The van der Waals surface area contributed by atoms with Gasteiger partial charge in [0.05, 0.1) is 0 Å². The fraction of sp³-hybridized carbons (Fsp3) is 0.833. The summed E-state index contributed by atoms with van der Waals surface area (Å²) in [6, 6.07) is 0. The van der Waals surface area contributed by atoms with E-state index in [1.807, 2.05) is 20.8 Å². The average Bonchev–Trinajstić information content (AvgIpc) is 2.24. The normalized spacial score (nSPS) is 11.4. The zero-order chi connectivity index (χ0) is 12.6. The van der Waals surface area contributed by atoms with Crippen LogP contribution in [0.5, 0.6) is 0 Å². The van der Waals surface area contributed by atoms with Crippen LogP contribution in [0.25, 0.3) is 0 Å². The molecule has 0 aromatic heterocycles. The van der Waals surface area contributed by atoms with E-state index in [1.54, 1.807) is 0 Å². The number of carboxylic acids is 1. The van der Waals surface area contributed by atoms with E-state index in [1.165, 1.54) is 0 Å². The molecule has 0 atom stereocenters. The Kier molecular flexibility index (Phi) is 6.97. The number of rotatable bonds is 9. The second-order valence-electron chi connectivity index (χ2n) is 3.90. The minimum absolute atomic E-state index is 0.318. The molecule has 0 saturated carbocycles. The van der Waals surface area contributed by atoms with Crippen molar-refractivity contribution < 1.29 is 19.4 Å². The van der Waals surface area contributed by atoms with E-state index in [-0.39, 0.29) is 5.78 Å². The summed E-state index contributed by atoms with van der Waals surface area (Å²) in [5, 5.41) is 8.63. The van der Waals surface area contributed by atoms with Crippen molar-refractivity contribution in [3.8, 4) is 0 Å².